The summed E-state index contributed by atoms with van der Waals surface area (Å²) in [5.41, 5.74) is 3.45. The average Bonchev–Trinajstić information content (AvgIpc) is 2.83. The predicted molar refractivity (Wildman–Crippen MR) is 127 cm³/mol. The van der Waals surface area contributed by atoms with E-state index in [2.05, 4.69) is 25.3 Å². The normalized spacial score (nSPS) is 15.2. The summed E-state index contributed by atoms with van der Waals surface area (Å²) in [4.78, 5) is 10.2. The Morgan fingerprint density at radius 2 is 2.00 bits per heavy atom. The van der Waals surface area contributed by atoms with Crippen LogP contribution in [0.15, 0.2) is 36.5 Å². The molecule has 190 valence electrons. The van der Waals surface area contributed by atoms with Crippen molar-refractivity contribution >= 4 is 17.3 Å². The molecule has 0 unspecified atom stereocenters. The van der Waals surface area contributed by atoms with E-state index in [1.807, 2.05) is 36.9 Å². The zero-order chi connectivity index (χ0) is 25.4. The quantitative estimate of drug-likeness (QED) is 0.465. The Kier molecular flexibility index (Phi) is 6.33. The van der Waals surface area contributed by atoms with Gasteiger partial charge in [0, 0.05) is 23.8 Å². The fourth-order valence-corrected chi connectivity index (χ4v) is 4.50. The fraction of sp³-hybridized carbons (Fsp3) is 0.360. The summed E-state index contributed by atoms with van der Waals surface area (Å²) in [5, 5.41) is 6.38. The number of hydrogen-bond acceptors (Lipinski definition) is 7. The molecule has 0 saturated carbocycles. The van der Waals surface area contributed by atoms with Crippen LogP contribution in [0.2, 0.25) is 0 Å². The van der Waals surface area contributed by atoms with Gasteiger partial charge in [-0.25, -0.2) is 14.4 Å². The van der Waals surface area contributed by atoms with Gasteiger partial charge in [0.25, 0.3) is 0 Å². The van der Waals surface area contributed by atoms with Gasteiger partial charge in [0.2, 0.25) is 5.95 Å². The van der Waals surface area contributed by atoms with Crippen molar-refractivity contribution in [2.24, 2.45) is 0 Å². The zero-order valence-electron chi connectivity index (χ0n) is 19.7. The first-order chi connectivity index (χ1) is 17.2. The van der Waals surface area contributed by atoms with E-state index in [1.165, 1.54) is 5.56 Å². The molecule has 0 amide bonds. The molecular formula is C25H25F4N5O2. The zero-order valence-corrected chi connectivity index (χ0v) is 19.7. The molecule has 2 aliphatic heterocycles. The highest BCUT2D eigenvalue weighted by Crippen LogP contribution is 2.46. The van der Waals surface area contributed by atoms with Gasteiger partial charge in [-0.2, -0.15) is 0 Å². The third-order valence-corrected chi connectivity index (χ3v) is 6.14. The number of rotatable bonds is 5. The van der Waals surface area contributed by atoms with Crippen molar-refractivity contribution in [2.45, 2.75) is 39.2 Å². The lowest BCUT2D eigenvalue weighted by atomic mass is 10.0. The molecule has 11 heteroatoms. The van der Waals surface area contributed by atoms with Gasteiger partial charge in [-0.3, -0.25) is 0 Å². The summed E-state index contributed by atoms with van der Waals surface area (Å²) in [5.74, 6) is -1.24. The lowest BCUT2D eigenvalue weighted by Crippen LogP contribution is -2.38. The van der Waals surface area contributed by atoms with Gasteiger partial charge in [0.1, 0.15) is 12.3 Å². The first kappa shape index (κ1) is 24.1. The minimum absolute atomic E-state index is 0.0346. The number of ether oxygens (including phenoxy) is 2. The Morgan fingerprint density at radius 3 is 2.78 bits per heavy atom. The predicted octanol–water partition coefficient (Wildman–Crippen LogP) is 5.18. The maximum absolute atomic E-state index is 14.9. The topological polar surface area (TPSA) is 71.5 Å². The van der Waals surface area contributed by atoms with Gasteiger partial charge in [-0.1, -0.05) is 6.07 Å². The maximum atomic E-state index is 14.9. The standard InChI is InChI=1S/C25H25F4N5O2/c1-14(2)34-7-8-35-23-20(34)10-16(11-21(23)36-25(27,28)29)22-19(26)13-31-24(33-22)32-18-4-3-15-5-6-30-12-17(15)9-18/h3-4,9-11,13-14,30H,5-8,12H2,1-2H3,(H,31,32,33). The Bertz CT molecular complexity index is 1280. The number of halogens is 4. The van der Waals surface area contributed by atoms with Gasteiger partial charge in [-0.15, -0.1) is 13.2 Å². The summed E-state index contributed by atoms with van der Waals surface area (Å²) >= 11 is 0. The smallest absolute Gasteiger partial charge is 0.486 e. The number of anilines is 3. The minimum atomic E-state index is -4.95. The fourth-order valence-electron chi connectivity index (χ4n) is 4.50. The number of aromatic nitrogens is 2. The SMILES string of the molecule is CC(C)N1CCOc2c(OC(F)(F)F)cc(-c3nc(Nc4ccc5c(c4)CNCC5)ncc3F)cc21. The molecule has 3 aromatic rings. The number of hydrogen-bond donors (Lipinski definition) is 2. The molecule has 2 aliphatic rings. The Labute approximate surface area is 205 Å². The highest BCUT2D eigenvalue weighted by molar-refractivity contribution is 5.77. The summed E-state index contributed by atoms with van der Waals surface area (Å²) in [6.45, 7) is 6.15. The second-order valence-corrected chi connectivity index (χ2v) is 8.93. The lowest BCUT2D eigenvalue weighted by molar-refractivity contribution is -0.275. The molecule has 36 heavy (non-hydrogen) atoms. The average molecular weight is 504 g/mol. The third-order valence-electron chi connectivity index (χ3n) is 6.14. The minimum Gasteiger partial charge on any atom is -0.486 e. The van der Waals surface area contributed by atoms with Crippen molar-refractivity contribution in [3.63, 3.8) is 0 Å². The van der Waals surface area contributed by atoms with Crippen LogP contribution in [0.5, 0.6) is 11.5 Å². The van der Waals surface area contributed by atoms with Crippen LogP contribution >= 0.6 is 0 Å². The Balaban J connectivity index is 1.54. The molecule has 5 rings (SSSR count). The highest BCUT2D eigenvalue weighted by atomic mass is 19.4. The van der Waals surface area contributed by atoms with Crippen molar-refractivity contribution < 1.29 is 27.0 Å². The van der Waals surface area contributed by atoms with E-state index in [0.29, 0.717) is 12.2 Å². The van der Waals surface area contributed by atoms with Crippen LogP contribution in [0.3, 0.4) is 0 Å². The van der Waals surface area contributed by atoms with E-state index in [9.17, 15) is 17.6 Å². The molecule has 0 saturated heterocycles. The van der Waals surface area contributed by atoms with Crippen LogP contribution in [0.1, 0.15) is 25.0 Å². The lowest BCUT2D eigenvalue weighted by Gasteiger charge is -2.35. The first-order valence-corrected chi connectivity index (χ1v) is 11.6. The molecule has 2 aromatic carbocycles. The van der Waals surface area contributed by atoms with E-state index in [1.54, 1.807) is 6.07 Å². The molecule has 7 nitrogen and oxygen atoms in total. The van der Waals surface area contributed by atoms with Crippen LogP contribution in [-0.2, 0) is 13.0 Å². The van der Waals surface area contributed by atoms with Crippen molar-refractivity contribution in [1.29, 1.82) is 0 Å². The van der Waals surface area contributed by atoms with Gasteiger partial charge < -0.3 is 25.0 Å². The molecule has 0 radical (unpaired) electrons. The maximum Gasteiger partial charge on any atom is 0.573 e. The number of alkyl halides is 3. The monoisotopic (exact) mass is 503 g/mol. The molecule has 0 atom stereocenters. The molecule has 0 aliphatic carbocycles. The van der Waals surface area contributed by atoms with E-state index in [0.717, 1.165) is 43.0 Å². The summed E-state index contributed by atoms with van der Waals surface area (Å²) in [6.07, 6.45) is -3.02. The van der Waals surface area contributed by atoms with Crippen LogP contribution in [0.25, 0.3) is 11.3 Å². The summed E-state index contributed by atoms with van der Waals surface area (Å²) in [6, 6.07) is 8.51. The second-order valence-electron chi connectivity index (χ2n) is 8.93. The van der Waals surface area contributed by atoms with Crippen molar-refractivity contribution in [3.8, 4) is 22.8 Å². The Hall–Kier alpha value is -3.60. The van der Waals surface area contributed by atoms with Crippen LogP contribution in [-0.4, -0.2) is 42.1 Å². The van der Waals surface area contributed by atoms with E-state index in [-0.39, 0.29) is 35.6 Å². The largest absolute Gasteiger partial charge is 0.573 e. The van der Waals surface area contributed by atoms with Crippen molar-refractivity contribution in [2.75, 3.05) is 29.9 Å². The van der Waals surface area contributed by atoms with Crippen molar-refractivity contribution in [3.05, 3.63) is 53.5 Å². The van der Waals surface area contributed by atoms with E-state index >= 15 is 0 Å². The van der Waals surface area contributed by atoms with Gasteiger partial charge in [-0.05, 0) is 62.2 Å². The highest BCUT2D eigenvalue weighted by Gasteiger charge is 2.35. The van der Waals surface area contributed by atoms with Gasteiger partial charge in [0.05, 0.1) is 18.4 Å². The number of nitrogens with one attached hydrogen (secondary N) is 2. The summed E-state index contributed by atoms with van der Waals surface area (Å²) in [7, 11) is 0. The number of nitrogens with zero attached hydrogens (tertiary/aromatic N) is 3. The second kappa shape index (κ2) is 9.45. The van der Waals surface area contributed by atoms with E-state index in [4.69, 9.17) is 4.74 Å². The van der Waals surface area contributed by atoms with Crippen LogP contribution in [0, 0.1) is 5.82 Å². The first-order valence-electron chi connectivity index (χ1n) is 11.6. The molecular weight excluding hydrogens is 478 g/mol. The van der Waals surface area contributed by atoms with Crippen LogP contribution < -0.4 is 25.0 Å². The molecule has 0 bridgehead atoms. The van der Waals surface area contributed by atoms with E-state index < -0.39 is 17.9 Å². The van der Waals surface area contributed by atoms with Gasteiger partial charge >= 0.3 is 6.36 Å². The number of benzene rings is 2. The Morgan fingerprint density at radius 1 is 1.17 bits per heavy atom. The number of fused-ring (bicyclic) bond motifs is 2. The van der Waals surface area contributed by atoms with Crippen molar-refractivity contribution in [1.82, 2.24) is 15.3 Å². The third kappa shape index (κ3) is 5.01. The van der Waals surface area contributed by atoms with Crippen LogP contribution in [0.4, 0.5) is 34.9 Å². The summed E-state index contributed by atoms with van der Waals surface area (Å²) < 4.78 is 64.3. The molecule has 0 spiro atoms. The molecule has 3 heterocycles. The molecule has 0 fully saturated rings. The molecule has 1 aromatic heterocycles. The molecule has 2 N–H and O–H groups in total. The van der Waals surface area contributed by atoms with Gasteiger partial charge in [0.15, 0.2) is 17.3 Å².